The number of pyridine rings is 2. The second kappa shape index (κ2) is 11.8. The molecule has 0 N–H and O–H groups in total. The molecule has 234 valence electrons. The molecule has 4 aromatic heterocycles. The summed E-state index contributed by atoms with van der Waals surface area (Å²) in [5.41, 5.74) is 8.35. The number of thiazole rings is 2. The summed E-state index contributed by atoms with van der Waals surface area (Å²) in [6.45, 7) is 0. The normalized spacial score (nSPS) is 11.6. The van der Waals surface area contributed by atoms with Crippen LogP contribution in [0.5, 0.6) is 0 Å². The molecule has 6 heteroatoms. The van der Waals surface area contributed by atoms with Gasteiger partial charge >= 0.3 is 0 Å². The second-order valence-corrected chi connectivity index (χ2v) is 14.0. The molecule has 6 aromatic carbocycles. The van der Waals surface area contributed by atoms with Crippen LogP contribution in [0.3, 0.4) is 0 Å². The van der Waals surface area contributed by atoms with Gasteiger partial charge in [-0.3, -0.25) is 0 Å². The molecule has 0 radical (unpaired) electrons. The predicted octanol–water partition coefficient (Wildman–Crippen LogP) is 12.3. The van der Waals surface area contributed by atoms with Crippen LogP contribution in [0.15, 0.2) is 157 Å². The van der Waals surface area contributed by atoms with Gasteiger partial charge in [0.2, 0.25) is 0 Å². The maximum absolute atomic E-state index is 5.20. The molecule has 0 saturated heterocycles. The second-order valence-electron chi connectivity index (χ2n) is 12.2. The van der Waals surface area contributed by atoms with Crippen molar-refractivity contribution in [2.45, 2.75) is 0 Å². The number of nitrogens with zero attached hydrogens (tertiary/aromatic N) is 4. The highest BCUT2D eigenvalue weighted by Crippen LogP contribution is 2.49. The van der Waals surface area contributed by atoms with Gasteiger partial charge in [-0.2, -0.15) is 0 Å². The topological polar surface area (TPSA) is 51.6 Å². The van der Waals surface area contributed by atoms with Gasteiger partial charge in [0.25, 0.3) is 0 Å². The van der Waals surface area contributed by atoms with Gasteiger partial charge in [0, 0.05) is 34.3 Å². The van der Waals surface area contributed by atoms with Crippen molar-refractivity contribution in [1.82, 2.24) is 19.9 Å². The summed E-state index contributed by atoms with van der Waals surface area (Å²) in [7, 11) is 0. The summed E-state index contributed by atoms with van der Waals surface area (Å²) in [6, 6.07) is 47.7. The van der Waals surface area contributed by atoms with Gasteiger partial charge in [-0.05, 0) is 78.5 Å². The monoisotopic (exact) mass is 674 g/mol. The van der Waals surface area contributed by atoms with Crippen molar-refractivity contribution >= 4 is 65.8 Å². The standard InChI is InChI=1S/C44H26N4S2/c1-5-15-31-27(11-1)39(35-19-9-21-37(47-35)43-45-23-25-49-43)28-12-2-6-16-32(28)41(31)42-33-17-7-3-13-29(33)40(30-14-4-8-18-34(30)42)36-20-10-22-38(48-36)44-46-24-26-50-44/h1-26H. The SMILES string of the molecule is c1cc(-c2nccs2)nc(-c2c3ccccc3c(-c3c4ccccc4c(-c4cccc(-c5nccs5)n4)c4ccccc34)c3ccccc23)c1. The van der Waals surface area contributed by atoms with E-state index in [1.807, 2.05) is 35.3 Å². The summed E-state index contributed by atoms with van der Waals surface area (Å²) < 4.78 is 0. The van der Waals surface area contributed by atoms with E-state index >= 15 is 0 Å². The summed E-state index contributed by atoms with van der Waals surface area (Å²) in [4.78, 5) is 19.5. The van der Waals surface area contributed by atoms with Gasteiger partial charge in [-0.1, -0.05) is 109 Å². The molecule has 10 aromatic rings. The molecule has 0 aliphatic heterocycles. The molecule has 10 rings (SSSR count). The molecule has 50 heavy (non-hydrogen) atoms. The maximum Gasteiger partial charge on any atom is 0.141 e. The van der Waals surface area contributed by atoms with Crippen LogP contribution in [0.25, 0.3) is 98.1 Å². The van der Waals surface area contributed by atoms with Crippen molar-refractivity contribution < 1.29 is 0 Å². The zero-order valence-electron chi connectivity index (χ0n) is 26.6. The molecule has 0 spiro atoms. The van der Waals surface area contributed by atoms with E-state index in [0.717, 1.165) is 43.9 Å². The van der Waals surface area contributed by atoms with Crippen molar-refractivity contribution in [3.05, 3.63) is 157 Å². The van der Waals surface area contributed by atoms with Crippen molar-refractivity contribution in [2.75, 3.05) is 0 Å². The molecule has 0 unspecified atom stereocenters. The Morgan fingerprint density at radius 3 is 0.900 bits per heavy atom. The van der Waals surface area contributed by atoms with Crippen LogP contribution in [0.2, 0.25) is 0 Å². The van der Waals surface area contributed by atoms with E-state index in [0.29, 0.717) is 0 Å². The molecular weight excluding hydrogens is 649 g/mol. The van der Waals surface area contributed by atoms with Crippen molar-refractivity contribution in [1.29, 1.82) is 0 Å². The van der Waals surface area contributed by atoms with Crippen molar-refractivity contribution in [3.8, 4) is 55.0 Å². The number of rotatable bonds is 5. The minimum Gasteiger partial charge on any atom is -0.245 e. The van der Waals surface area contributed by atoms with Gasteiger partial charge in [-0.25, -0.2) is 19.9 Å². The minimum atomic E-state index is 0.884. The number of hydrogen-bond acceptors (Lipinski definition) is 6. The van der Waals surface area contributed by atoms with Crippen molar-refractivity contribution in [2.24, 2.45) is 0 Å². The van der Waals surface area contributed by atoms with Gasteiger partial charge in [0.1, 0.15) is 10.0 Å². The fourth-order valence-electron chi connectivity index (χ4n) is 7.43. The van der Waals surface area contributed by atoms with Crippen LogP contribution in [-0.2, 0) is 0 Å². The van der Waals surface area contributed by atoms with Gasteiger partial charge in [0.15, 0.2) is 0 Å². The Kier molecular flexibility index (Phi) is 6.82. The highest BCUT2D eigenvalue weighted by atomic mass is 32.1. The molecule has 0 amide bonds. The summed E-state index contributed by atoms with van der Waals surface area (Å²) in [5.74, 6) is 0. The van der Waals surface area contributed by atoms with Crippen LogP contribution in [0, 0.1) is 0 Å². The van der Waals surface area contributed by atoms with Gasteiger partial charge in [0.05, 0.1) is 22.8 Å². The quantitative estimate of drug-likeness (QED) is 0.171. The first kappa shape index (κ1) is 28.9. The molecule has 4 heterocycles. The molecule has 0 bridgehead atoms. The number of benzene rings is 6. The molecule has 0 aliphatic carbocycles. The molecular formula is C44H26N4S2. The molecule has 0 aliphatic rings. The Morgan fingerprint density at radius 1 is 0.300 bits per heavy atom. The highest BCUT2D eigenvalue weighted by Gasteiger charge is 2.23. The van der Waals surface area contributed by atoms with Crippen LogP contribution in [0.1, 0.15) is 0 Å². The lowest BCUT2D eigenvalue weighted by Crippen LogP contribution is -1.96. The third-order valence-electron chi connectivity index (χ3n) is 9.43. The molecule has 0 atom stereocenters. The van der Waals surface area contributed by atoms with Gasteiger partial charge in [-0.15, -0.1) is 22.7 Å². The smallest absolute Gasteiger partial charge is 0.141 e. The maximum atomic E-state index is 5.20. The molecule has 0 saturated carbocycles. The van der Waals surface area contributed by atoms with E-state index in [1.165, 1.54) is 54.2 Å². The average molecular weight is 675 g/mol. The number of fused-ring (bicyclic) bond motifs is 4. The Bertz CT molecular complexity index is 2560. The largest absolute Gasteiger partial charge is 0.245 e. The van der Waals surface area contributed by atoms with E-state index in [1.54, 1.807) is 22.7 Å². The van der Waals surface area contributed by atoms with Crippen LogP contribution in [-0.4, -0.2) is 19.9 Å². The van der Waals surface area contributed by atoms with E-state index in [-0.39, 0.29) is 0 Å². The fourth-order valence-corrected chi connectivity index (χ4v) is 8.65. The fraction of sp³-hybridized carbons (Fsp3) is 0. The van der Waals surface area contributed by atoms with Crippen LogP contribution in [0.4, 0.5) is 0 Å². The lowest BCUT2D eigenvalue weighted by molar-refractivity contribution is 1.30. The first-order valence-electron chi connectivity index (χ1n) is 16.5. The zero-order valence-corrected chi connectivity index (χ0v) is 28.2. The Labute approximate surface area is 296 Å². The van der Waals surface area contributed by atoms with E-state index < -0.39 is 0 Å². The first-order valence-corrected chi connectivity index (χ1v) is 18.2. The Morgan fingerprint density at radius 2 is 0.600 bits per heavy atom. The van der Waals surface area contributed by atoms with Crippen LogP contribution >= 0.6 is 22.7 Å². The van der Waals surface area contributed by atoms with E-state index in [4.69, 9.17) is 9.97 Å². The van der Waals surface area contributed by atoms with E-state index in [9.17, 15) is 0 Å². The average Bonchev–Trinajstić information content (AvgIpc) is 3.93. The minimum absolute atomic E-state index is 0.884. The summed E-state index contributed by atoms with van der Waals surface area (Å²) in [6.07, 6.45) is 3.67. The van der Waals surface area contributed by atoms with Crippen LogP contribution < -0.4 is 0 Å². The molecule has 4 nitrogen and oxygen atoms in total. The summed E-state index contributed by atoms with van der Waals surface area (Å²) >= 11 is 3.22. The van der Waals surface area contributed by atoms with E-state index in [2.05, 4.69) is 131 Å². The Balaban J connectivity index is 1.32. The van der Waals surface area contributed by atoms with Gasteiger partial charge < -0.3 is 0 Å². The Hall–Kier alpha value is -6.08. The zero-order chi connectivity index (χ0) is 33.0. The highest BCUT2D eigenvalue weighted by molar-refractivity contribution is 7.13. The predicted molar refractivity (Wildman–Crippen MR) is 211 cm³/mol. The molecule has 0 fully saturated rings. The number of hydrogen-bond donors (Lipinski definition) is 0. The third-order valence-corrected chi connectivity index (χ3v) is 11.0. The third kappa shape index (κ3) is 4.57. The van der Waals surface area contributed by atoms with Crippen molar-refractivity contribution in [3.63, 3.8) is 0 Å². The first-order chi connectivity index (χ1) is 24.8. The lowest BCUT2D eigenvalue weighted by atomic mass is 9.82. The number of aromatic nitrogens is 4. The summed E-state index contributed by atoms with van der Waals surface area (Å²) in [5, 5.41) is 15.3. The lowest BCUT2D eigenvalue weighted by Gasteiger charge is -2.22.